The van der Waals surface area contributed by atoms with E-state index in [9.17, 15) is 14.4 Å². The van der Waals surface area contributed by atoms with Crippen molar-refractivity contribution in [3.63, 3.8) is 0 Å². The van der Waals surface area contributed by atoms with Crippen LogP contribution in [0.4, 0.5) is 0 Å². The topological polar surface area (TPSA) is 84.5 Å². The quantitative estimate of drug-likeness (QED) is 0.587. The standard InChI is InChI=1S/C23H22N2O4S/c1-13-18(26)12-17(14-8-10-16(29-2)11-9-14)23(19(13)15-6-4-3-5-7-15)20(27)24-22(30)25-21(23)28/h3-11,13,17,19H,12H2,1-2H3,(H2,24,25,27,28,30). The highest BCUT2D eigenvalue weighted by molar-refractivity contribution is 7.80. The lowest BCUT2D eigenvalue weighted by atomic mass is 9.51. The van der Waals surface area contributed by atoms with Gasteiger partial charge >= 0.3 is 0 Å². The minimum Gasteiger partial charge on any atom is -0.497 e. The monoisotopic (exact) mass is 422 g/mol. The number of ketones is 1. The molecular weight excluding hydrogens is 400 g/mol. The van der Waals surface area contributed by atoms with Gasteiger partial charge < -0.3 is 15.4 Å². The lowest BCUT2D eigenvalue weighted by Crippen LogP contribution is -2.68. The number of carbonyl (C=O) groups excluding carboxylic acids is 3. The minimum atomic E-state index is -1.51. The summed E-state index contributed by atoms with van der Waals surface area (Å²) in [6, 6.07) is 16.4. The number of rotatable bonds is 3. The summed E-state index contributed by atoms with van der Waals surface area (Å²) in [5, 5.41) is 5.29. The maximum atomic E-state index is 13.5. The molecule has 154 valence electrons. The average Bonchev–Trinajstić information content (AvgIpc) is 2.74. The molecule has 2 fully saturated rings. The summed E-state index contributed by atoms with van der Waals surface area (Å²) in [6.45, 7) is 1.79. The van der Waals surface area contributed by atoms with Crippen LogP contribution in [0.5, 0.6) is 5.75 Å². The van der Waals surface area contributed by atoms with E-state index in [-0.39, 0.29) is 17.3 Å². The van der Waals surface area contributed by atoms with E-state index in [0.29, 0.717) is 5.75 Å². The second-order valence-corrected chi connectivity index (χ2v) is 8.19. The van der Waals surface area contributed by atoms with Gasteiger partial charge in [-0.2, -0.15) is 0 Å². The molecule has 30 heavy (non-hydrogen) atoms. The van der Waals surface area contributed by atoms with Crippen LogP contribution in [0.15, 0.2) is 54.6 Å². The third-order valence-corrected chi connectivity index (χ3v) is 6.54. The molecule has 3 unspecified atom stereocenters. The lowest BCUT2D eigenvalue weighted by molar-refractivity contribution is -0.153. The number of methoxy groups -OCH3 is 1. The van der Waals surface area contributed by atoms with Crippen LogP contribution in [-0.4, -0.2) is 29.8 Å². The van der Waals surface area contributed by atoms with Crippen molar-refractivity contribution in [2.45, 2.75) is 25.2 Å². The Hall–Kier alpha value is -3.06. The Labute approximate surface area is 180 Å². The van der Waals surface area contributed by atoms with E-state index in [4.69, 9.17) is 17.0 Å². The molecule has 1 saturated carbocycles. The zero-order chi connectivity index (χ0) is 21.5. The van der Waals surface area contributed by atoms with Gasteiger partial charge in [-0.25, -0.2) is 0 Å². The van der Waals surface area contributed by atoms with E-state index >= 15 is 0 Å². The van der Waals surface area contributed by atoms with Crippen LogP contribution in [0.3, 0.4) is 0 Å². The molecule has 1 aliphatic heterocycles. The predicted molar refractivity (Wildman–Crippen MR) is 115 cm³/mol. The Morgan fingerprint density at radius 2 is 1.53 bits per heavy atom. The van der Waals surface area contributed by atoms with Crippen molar-refractivity contribution in [2.75, 3.05) is 7.11 Å². The van der Waals surface area contributed by atoms with Crippen LogP contribution in [0.2, 0.25) is 0 Å². The molecule has 0 bridgehead atoms. The molecule has 6 nitrogen and oxygen atoms in total. The first-order valence-corrected chi connectivity index (χ1v) is 10.2. The van der Waals surface area contributed by atoms with E-state index in [1.54, 1.807) is 26.2 Å². The smallest absolute Gasteiger partial charge is 0.243 e. The third kappa shape index (κ3) is 3.01. The number of nitrogens with one attached hydrogen (secondary N) is 2. The zero-order valence-electron chi connectivity index (χ0n) is 16.7. The van der Waals surface area contributed by atoms with E-state index < -0.39 is 35.0 Å². The maximum absolute atomic E-state index is 13.5. The number of hydrogen-bond donors (Lipinski definition) is 2. The number of hydrogen-bond acceptors (Lipinski definition) is 5. The van der Waals surface area contributed by atoms with Gasteiger partial charge in [0.15, 0.2) is 5.11 Å². The molecular formula is C23H22N2O4S. The van der Waals surface area contributed by atoms with Gasteiger partial charge in [-0.3, -0.25) is 14.4 Å². The number of thiocarbonyl (C=S) groups is 1. The van der Waals surface area contributed by atoms with E-state index in [1.165, 1.54) is 0 Å². The van der Waals surface area contributed by atoms with Crippen LogP contribution >= 0.6 is 12.2 Å². The summed E-state index contributed by atoms with van der Waals surface area (Å²) in [5.41, 5.74) is -0.00393. The molecule has 1 spiro atoms. The van der Waals surface area contributed by atoms with Crippen molar-refractivity contribution in [3.05, 3.63) is 65.7 Å². The van der Waals surface area contributed by atoms with Crippen LogP contribution in [0, 0.1) is 11.3 Å². The number of ether oxygens (including phenoxy) is 1. The van der Waals surface area contributed by atoms with Gasteiger partial charge in [0.05, 0.1) is 7.11 Å². The first-order chi connectivity index (χ1) is 14.4. The fraction of sp³-hybridized carbons (Fsp3) is 0.304. The number of benzene rings is 2. The number of Topliss-reactive ketones (excluding diaryl/α,β-unsaturated/α-hetero) is 1. The summed E-state index contributed by atoms with van der Waals surface area (Å²) in [4.78, 5) is 40.2. The van der Waals surface area contributed by atoms with Crippen LogP contribution in [-0.2, 0) is 14.4 Å². The summed E-state index contributed by atoms with van der Waals surface area (Å²) in [5.74, 6) is -2.04. The van der Waals surface area contributed by atoms with E-state index in [2.05, 4.69) is 10.6 Å². The van der Waals surface area contributed by atoms with Gasteiger partial charge in [0.25, 0.3) is 0 Å². The van der Waals surface area contributed by atoms with Gasteiger partial charge in [0, 0.05) is 24.2 Å². The summed E-state index contributed by atoms with van der Waals surface area (Å²) < 4.78 is 5.24. The summed E-state index contributed by atoms with van der Waals surface area (Å²) >= 11 is 5.06. The lowest BCUT2D eigenvalue weighted by Gasteiger charge is -2.50. The molecule has 2 aliphatic rings. The third-order valence-electron chi connectivity index (χ3n) is 6.34. The van der Waals surface area contributed by atoms with Gasteiger partial charge in [0.1, 0.15) is 16.9 Å². The normalized spacial score (nSPS) is 25.6. The Morgan fingerprint density at radius 1 is 0.933 bits per heavy atom. The van der Waals surface area contributed by atoms with Gasteiger partial charge in [0.2, 0.25) is 11.8 Å². The molecule has 2 amide bonds. The molecule has 4 rings (SSSR count). The van der Waals surface area contributed by atoms with Crippen LogP contribution in [0.25, 0.3) is 0 Å². The van der Waals surface area contributed by atoms with E-state index in [0.717, 1.165) is 11.1 Å². The Kier molecular flexibility index (Phi) is 5.15. The van der Waals surface area contributed by atoms with Crippen molar-refractivity contribution >= 4 is 34.9 Å². The second kappa shape index (κ2) is 7.65. The molecule has 0 aromatic heterocycles. The Balaban J connectivity index is 1.96. The molecule has 2 aromatic rings. The molecule has 1 saturated heterocycles. The minimum absolute atomic E-state index is 0.0135. The number of amides is 2. The maximum Gasteiger partial charge on any atom is 0.243 e. The average molecular weight is 423 g/mol. The van der Waals surface area contributed by atoms with Crippen molar-refractivity contribution in [1.29, 1.82) is 0 Å². The van der Waals surface area contributed by atoms with Gasteiger partial charge in [-0.1, -0.05) is 49.4 Å². The zero-order valence-corrected chi connectivity index (χ0v) is 17.5. The van der Waals surface area contributed by atoms with Crippen LogP contribution in [0.1, 0.15) is 36.3 Å². The molecule has 7 heteroatoms. The molecule has 1 aliphatic carbocycles. The molecule has 2 aromatic carbocycles. The highest BCUT2D eigenvalue weighted by Crippen LogP contribution is 2.57. The fourth-order valence-corrected chi connectivity index (χ4v) is 5.11. The number of carbonyl (C=O) groups is 3. The molecule has 3 atom stereocenters. The van der Waals surface area contributed by atoms with Crippen molar-refractivity contribution in [2.24, 2.45) is 11.3 Å². The van der Waals surface area contributed by atoms with E-state index in [1.807, 2.05) is 42.5 Å². The fourth-order valence-electron chi connectivity index (χ4n) is 4.92. The first-order valence-electron chi connectivity index (χ1n) is 9.78. The predicted octanol–water partition coefficient (Wildman–Crippen LogP) is 2.69. The summed E-state index contributed by atoms with van der Waals surface area (Å²) in [6.07, 6.45) is 0.0877. The van der Waals surface area contributed by atoms with Gasteiger partial charge in [-0.05, 0) is 35.5 Å². The SMILES string of the molecule is COc1ccc(C2CC(=O)C(C)C(c3ccccc3)C23C(=O)NC(=S)NC3=O)cc1. The van der Waals surface area contributed by atoms with Crippen LogP contribution < -0.4 is 15.4 Å². The molecule has 0 radical (unpaired) electrons. The summed E-state index contributed by atoms with van der Waals surface area (Å²) in [7, 11) is 1.57. The highest BCUT2D eigenvalue weighted by Gasteiger charge is 2.64. The van der Waals surface area contributed by atoms with Gasteiger partial charge in [-0.15, -0.1) is 0 Å². The molecule has 2 N–H and O–H groups in total. The second-order valence-electron chi connectivity index (χ2n) is 7.78. The van der Waals surface area contributed by atoms with Crippen molar-refractivity contribution in [3.8, 4) is 5.75 Å². The largest absolute Gasteiger partial charge is 0.497 e. The Morgan fingerprint density at radius 3 is 2.10 bits per heavy atom. The Bertz CT molecular complexity index is 999. The van der Waals surface area contributed by atoms with Crippen molar-refractivity contribution in [1.82, 2.24) is 10.6 Å². The highest BCUT2D eigenvalue weighted by atomic mass is 32.1. The van der Waals surface area contributed by atoms with Crippen molar-refractivity contribution < 1.29 is 19.1 Å². The first kappa shape index (κ1) is 20.2. The molecule has 1 heterocycles.